The van der Waals surface area contributed by atoms with Gasteiger partial charge in [0.25, 0.3) is 0 Å². The highest BCUT2D eigenvalue weighted by molar-refractivity contribution is 9.10. The van der Waals surface area contributed by atoms with Crippen molar-refractivity contribution < 1.29 is 23.5 Å². The van der Waals surface area contributed by atoms with Gasteiger partial charge in [-0.05, 0) is 37.1 Å². The third-order valence-corrected chi connectivity index (χ3v) is 5.53. The quantitative estimate of drug-likeness (QED) is 0.282. The number of ketones is 1. The number of hydrogen-bond donors (Lipinski definition) is 2. The summed E-state index contributed by atoms with van der Waals surface area (Å²) in [6, 6.07) is 18.8. The van der Waals surface area contributed by atoms with E-state index in [-0.39, 0.29) is 17.7 Å². The smallest absolute Gasteiger partial charge is 0.405 e. The number of primary amides is 1. The van der Waals surface area contributed by atoms with Gasteiger partial charge in [0, 0.05) is 22.0 Å². The Hall–Kier alpha value is -3.52. The number of Topliss-reactive ketones (excluding diaryl/α,β-unsaturated/α-hetero) is 1. The molecule has 3 aromatic rings. The van der Waals surface area contributed by atoms with Crippen LogP contribution in [-0.4, -0.2) is 23.4 Å². The summed E-state index contributed by atoms with van der Waals surface area (Å²) in [6.45, 7) is 3.26. The van der Waals surface area contributed by atoms with Gasteiger partial charge in [0.05, 0.1) is 12.1 Å². The van der Waals surface area contributed by atoms with Crippen molar-refractivity contribution in [2.45, 2.75) is 32.3 Å². The summed E-state index contributed by atoms with van der Waals surface area (Å²) >= 11 is 3.30. The lowest BCUT2D eigenvalue weighted by Gasteiger charge is -2.26. The monoisotopic (exact) mass is 526 g/mol. The average Bonchev–Trinajstić information content (AvgIpc) is 2.76. The Balaban J connectivity index is 1.94. The highest BCUT2D eigenvalue weighted by Gasteiger charge is 2.27. The van der Waals surface area contributed by atoms with Crippen LogP contribution in [0.1, 0.15) is 36.2 Å². The van der Waals surface area contributed by atoms with Crippen molar-refractivity contribution >= 4 is 39.4 Å². The van der Waals surface area contributed by atoms with Gasteiger partial charge < -0.3 is 15.8 Å². The minimum atomic E-state index is -1.06. The van der Waals surface area contributed by atoms with Crippen molar-refractivity contribution in [1.29, 1.82) is 0 Å². The van der Waals surface area contributed by atoms with Crippen LogP contribution in [-0.2, 0) is 16.0 Å². The molecule has 6 nitrogen and oxygen atoms in total. The molecule has 3 aromatic carbocycles. The summed E-state index contributed by atoms with van der Waals surface area (Å²) in [4.78, 5) is 36.6. The highest BCUT2D eigenvalue weighted by atomic mass is 79.9. The summed E-state index contributed by atoms with van der Waals surface area (Å²) in [6.07, 6.45) is -1.35. The maximum Gasteiger partial charge on any atom is 0.405 e. The molecule has 0 unspecified atom stereocenters. The lowest BCUT2D eigenvalue weighted by Crippen LogP contribution is -2.33. The number of nitrogens with two attached hydrogens (primary N) is 1. The fourth-order valence-electron chi connectivity index (χ4n) is 3.60. The van der Waals surface area contributed by atoms with Gasteiger partial charge in [-0.25, -0.2) is 9.18 Å². The molecule has 0 spiro atoms. The molecule has 0 saturated carbocycles. The van der Waals surface area contributed by atoms with Gasteiger partial charge in [-0.1, -0.05) is 70.5 Å². The van der Waals surface area contributed by atoms with E-state index in [1.807, 2.05) is 6.07 Å². The highest BCUT2D eigenvalue weighted by Crippen LogP contribution is 2.33. The molecule has 2 amide bonds. The minimum absolute atomic E-state index is 0.0745. The summed E-state index contributed by atoms with van der Waals surface area (Å²) in [5.41, 5.74) is 5.69. The number of hydrogen-bond acceptors (Lipinski definition) is 4. The van der Waals surface area contributed by atoms with Gasteiger partial charge in [0.15, 0.2) is 11.6 Å². The van der Waals surface area contributed by atoms with Gasteiger partial charge >= 0.3 is 6.09 Å². The molecule has 0 aromatic heterocycles. The second kappa shape index (κ2) is 10.6. The maximum absolute atomic E-state index is 15.7. The van der Waals surface area contributed by atoms with Crippen molar-refractivity contribution in [2.24, 2.45) is 5.73 Å². The number of halogens is 2. The predicted octanol–water partition coefficient (Wildman–Crippen LogP) is 5.88. The normalized spacial score (nSPS) is 11.1. The molecule has 0 radical (unpaired) electrons. The van der Waals surface area contributed by atoms with Crippen LogP contribution in [0.3, 0.4) is 0 Å². The first kappa shape index (κ1) is 25.1. The fraction of sp³-hybridized carbons (Fsp3) is 0.192. The lowest BCUT2D eigenvalue weighted by atomic mass is 9.93. The molecule has 34 heavy (non-hydrogen) atoms. The Morgan fingerprint density at radius 3 is 2.38 bits per heavy atom. The Kier molecular flexibility index (Phi) is 7.83. The van der Waals surface area contributed by atoms with Gasteiger partial charge in [0.1, 0.15) is 5.60 Å². The van der Waals surface area contributed by atoms with Crippen LogP contribution in [0.15, 0.2) is 71.2 Å². The number of benzene rings is 3. The van der Waals surface area contributed by atoms with Crippen LogP contribution in [0.4, 0.5) is 14.9 Å². The number of carbonyl (C=O) groups is 3. The predicted molar refractivity (Wildman–Crippen MR) is 132 cm³/mol. The Morgan fingerprint density at radius 2 is 1.74 bits per heavy atom. The zero-order valence-corrected chi connectivity index (χ0v) is 20.3. The zero-order chi connectivity index (χ0) is 24.9. The SMILES string of the molecule is CC(C)(Cc1ccc(-c2ccccc2)c(F)c1NC(=O)CC(=O)c1cccc(Br)c1)OC(N)=O. The molecule has 0 fully saturated rings. The number of amides is 2. The van der Waals surface area contributed by atoms with Crippen molar-refractivity contribution in [3.63, 3.8) is 0 Å². The van der Waals surface area contributed by atoms with Crippen molar-refractivity contribution in [2.75, 3.05) is 5.32 Å². The number of rotatable bonds is 8. The van der Waals surface area contributed by atoms with Crippen LogP contribution in [0.25, 0.3) is 11.1 Å². The van der Waals surface area contributed by atoms with Gasteiger partial charge in [-0.3, -0.25) is 9.59 Å². The molecule has 8 heteroatoms. The summed E-state index contributed by atoms with van der Waals surface area (Å²) in [5.74, 6) is -1.72. The second-order valence-corrected chi connectivity index (χ2v) is 9.26. The van der Waals surface area contributed by atoms with Crippen molar-refractivity contribution in [3.8, 4) is 11.1 Å². The van der Waals surface area contributed by atoms with Crippen LogP contribution in [0.5, 0.6) is 0 Å². The number of nitrogens with one attached hydrogen (secondary N) is 1. The third-order valence-electron chi connectivity index (χ3n) is 5.04. The molecule has 0 aliphatic carbocycles. The van der Waals surface area contributed by atoms with E-state index in [1.165, 1.54) is 0 Å². The molecular weight excluding hydrogens is 503 g/mol. The van der Waals surface area contributed by atoms with E-state index in [2.05, 4.69) is 21.2 Å². The molecule has 0 aliphatic heterocycles. The van der Waals surface area contributed by atoms with Crippen LogP contribution in [0, 0.1) is 5.82 Å². The van der Waals surface area contributed by atoms with Gasteiger partial charge in [-0.2, -0.15) is 0 Å². The molecule has 3 rings (SSSR count). The first-order chi connectivity index (χ1) is 16.1. The topological polar surface area (TPSA) is 98.5 Å². The van der Waals surface area contributed by atoms with E-state index >= 15 is 4.39 Å². The average molecular weight is 527 g/mol. The van der Waals surface area contributed by atoms with Crippen LogP contribution >= 0.6 is 15.9 Å². The molecule has 0 heterocycles. The van der Waals surface area contributed by atoms with Crippen molar-refractivity contribution in [3.05, 3.63) is 88.1 Å². The second-order valence-electron chi connectivity index (χ2n) is 8.34. The molecule has 0 saturated heterocycles. The van der Waals surface area contributed by atoms with Crippen molar-refractivity contribution in [1.82, 2.24) is 0 Å². The summed E-state index contributed by atoms with van der Waals surface area (Å²) in [5, 5.41) is 2.56. The molecule has 176 valence electrons. The van der Waals surface area contributed by atoms with Crippen LogP contribution < -0.4 is 11.1 Å². The third kappa shape index (κ3) is 6.51. The number of ether oxygens (including phenoxy) is 1. The molecule has 0 aliphatic rings. The Labute approximate surface area is 205 Å². The zero-order valence-electron chi connectivity index (χ0n) is 18.7. The van der Waals surface area contributed by atoms with E-state index in [1.54, 1.807) is 74.5 Å². The molecule has 3 N–H and O–H groups in total. The van der Waals surface area contributed by atoms with E-state index in [9.17, 15) is 14.4 Å². The fourth-order valence-corrected chi connectivity index (χ4v) is 4.00. The summed E-state index contributed by atoms with van der Waals surface area (Å²) < 4.78 is 21.5. The van der Waals surface area contributed by atoms with E-state index in [0.29, 0.717) is 21.2 Å². The van der Waals surface area contributed by atoms with E-state index < -0.39 is 35.6 Å². The first-order valence-corrected chi connectivity index (χ1v) is 11.3. The van der Waals surface area contributed by atoms with E-state index in [0.717, 1.165) is 0 Å². The van der Waals surface area contributed by atoms with Gasteiger partial charge in [0.2, 0.25) is 5.91 Å². The Morgan fingerprint density at radius 1 is 1.03 bits per heavy atom. The maximum atomic E-state index is 15.7. The number of anilines is 1. The molecular formula is C26H24BrFN2O4. The standard InChI is InChI=1S/C26H24BrFN2O4/c1-26(2,34-25(29)33)15-18-11-12-20(16-7-4-3-5-8-16)23(28)24(18)30-22(32)14-21(31)17-9-6-10-19(27)13-17/h3-13H,14-15H2,1-2H3,(H2,29,33)(H,30,32). The first-order valence-electron chi connectivity index (χ1n) is 10.5. The lowest BCUT2D eigenvalue weighted by molar-refractivity contribution is -0.115. The summed E-state index contributed by atoms with van der Waals surface area (Å²) in [7, 11) is 0. The van der Waals surface area contributed by atoms with E-state index in [4.69, 9.17) is 10.5 Å². The van der Waals surface area contributed by atoms with Crippen LogP contribution in [0.2, 0.25) is 0 Å². The minimum Gasteiger partial charge on any atom is -0.443 e. The number of carbonyl (C=O) groups excluding carboxylic acids is 3. The molecule has 0 atom stereocenters. The Bertz CT molecular complexity index is 1230. The molecule has 0 bridgehead atoms. The van der Waals surface area contributed by atoms with Gasteiger partial charge in [-0.15, -0.1) is 0 Å². The largest absolute Gasteiger partial charge is 0.443 e.